The summed E-state index contributed by atoms with van der Waals surface area (Å²) in [5, 5.41) is 1.74. The van der Waals surface area contributed by atoms with Crippen LogP contribution in [0.3, 0.4) is 0 Å². The minimum absolute atomic E-state index is 0.244. The van der Waals surface area contributed by atoms with Crippen molar-refractivity contribution < 1.29 is 4.39 Å². The van der Waals surface area contributed by atoms with E-state index in [0.29, 0.717) is 11.0 Å². The lowest BCUT2D eigenvalue weighted by Crippen LogP contribution is -1.99. The molecular weight excluding hydrogens is 329 g/mol. The Balaban J connectivity index is 2.07. The predicted molar refractivity (Wildman–Crippen MR) is 80.2 cm³/mol. The van der Waals surface area contributed by atoms with Crippen molar-refractivity contribution in [3.05, 3.63) is 69.5 Å². The van der Waals surface area contributed by atoms with Crippen LogP contribution in [0.5, 0.6) is 0 Å². The highest BCUT2D eigenvalue weighted by molar-refractivity contribution is 9.10. The van der Waals surface area contributed by atoms with Gasteiger partial charge in [0.05, 0.1) is 4.47 Å². The van der Waals surface area contributed by atoms with Gasteiger partial charge in [-0.15, -0.1) is 0 Å². The van der Waals surface area contributed by atoms with Crippen molar-refractivity contribution in [2.24, 2.45) is 0 Å². The van der Waals surface area contributed by atoms with Crippen LogP contribution >= 0.6 is 27.5 Å². The van der Waals surface area contributed by atoms with Crippen molar-refractivity contribution in [3.8, 4) is 0 Å². The van der Waals surface area contributed by atoms with Gasteiger partial charge in [-0.05, 0) is 45.8 Å². The number of halogens is 3. The Kier molecular flexibility index (Phi) is 3.33. The first-order valence-electron chi connectivity index (χ1n) is 5.83. The van der Waals surface area contributed by atoms with Crippen molar-refractivity contribution in [1.82, 2.24) is 4.57 Å². The molecule has 0 aliphatic carbocycles. The lowest BCUT2D eigenvalue weighted by atomic mass is 10.2. The molecule has 3 aromatic rings. The molecule has 2 aromatic carbocycles. The third-order valence-corrected chi connectivity index (χ3v) is 4.35. The highest BCUT2D eigenvalue weighted by atomic mass is 79.9. The number of benzene rings is 2. The van der Waals surface area contributed by atoms with E-state index >= 15 is 0 Å². The molecule has 0 fully saturated rings. The van der Waals surface area contributed by atoms with E-state index in [1.54, 1.807) is 6.07 Å². The average molecular weight is 339 g/mol. The van der Waals surface area contributed by atoms with Crippen LogP contribution in [-0.4, -0.2) is 4.57 Å². The van der Waals surface area contributed by atoms with Crippen LogP contribution in [0.2, 0.25) is 5.02 Å². The molecule has 3 rings (SSSR count). The van der Waals surface area contributed by atoms with Crippen molar-refractivity contribution in [1.29, 1.82) is 0 Å². The van der Waals surface area contributed by atoms with E-state index in [-0.39, 0.29) is 5.82 Å². The van der Waals surface area contributed by atoms with E-state index in [4.69, 9.17) is 11.6 Å². The second-order valence-electron chi connectivity index (χ2n) is 4.33. The summed E-state index contributed by atoms with van der Waals surface area (Å²) in [4.78, 5) is 0. The molecular formula is C15H10BrClFN. The van der Waals surface area contributed by atoms with Gasteiger partial charge in [-0.3, -0.25) is 0 Å². The summed E-state index contributed by atoms with van der Waals surface area (Å²) in [6.45, 7) is 0.599. The van der Waals surface area contributed by atoms with E-state index < -0.39 is 0 Å². The van der Waals surface area contributed by atoms with Gasteiger partial charge in [-0.25, -0.2) is 4.39 Å². The monoisotopic (exact) mass is 337 g/mol. The zero-order valence-corrected chi connectivity index (χ0v) is 12.2. The molecule has 0 saturated heterocycles. The third kappa shape index (κ3) is 2.28. The summed E-state index contributed by atoms with van der Waals surface area (Å²) in [6, 6.07) is 12.8. The average Bonchev–Trinajstić information content (AvgIpc) is 2.80. The first kappa shape index (κ1) is 12.7. The number of nitrogens with zero attached hydrogens (tertiary/aromatic N) is 1. The van der Waals surface area contributed by atoms with E-state index in [1.165, 1.54) is 6.07 Å². The van der Waals surface area contributed by atoms with Gasteiger partial charge < -0.3 is 4.57 Å². The predicted octanol–water partition coefficient (Wildman–Crippen LogP) is 5.24. The Morgan fingerprint density at radius 2 is 1.89 bits per heavy atom. The molecule has 1 heterocycles. The Labute approximate surface area is 123 Å². The molecule has 4 heteroatoms. The van der Waals surface area contributed by atoms with Crippen molar-refractivity contribution in [3.63, 3.8) is 0 Å². The zero-order chi connectivity index (χ0) is 13.4. The highest BCUT2D eigenvalue weighted by Gasteiger charge is 2.08. The topological polar surface area (TPSA) is 4.93 Å². The van der Waals surface area contributed by atoms with Gasteiger partial charge in [-0.2, -0.15) is 0 Å². The number of rotatable bonds is 2. The van der Waals surface area contributed by atoms with Crippen molar-refractivity contribution in [2.45, 2.75) is 6.54 Å². The first-order valence-corrected chi connectivity index (χ1v) is 7.00. The Bertz CT molecular complexity index is 751. The maximum absolute atomic E-state index is 13.5. The third-order valence-electron chi connectivity index (χ3n) is 3.13. The fourth-order valence-corrected chi connectivity index (χ4v) is 2.80. The molecule has 1 nitrogen and oxygen atoms in total. The molecule has 0 unspecified atom stereocenters. The van der Waals surface area contributed by atoms with Crippen molar-refractivity contribution >= 4 is 38.4 Å². The summed E-state index contributed by atoms with van der Waals surface area (Å²) in [5.41, 5.74) is 1.95. The molecule has 0 amide bonds. The maximum atomic E-state index is 13.5. The first-order chi connectivity index (χ1) is 9.16. The SMILES string of the molecule is Fc1cccc(Cn2ccc3c(Cl)cccc32)c1Br. The molecule has 0 spiro atoms. The van der Waals surface area contributed by atoms with Gasteiger partial charge in [0.1, 0.15) is 5.82 Å². The fraction of sp³-hybridized carbons (Fsp3) is 0.0667. The van der Waals surface area contributed by atoms with Gasteiger partial charge >= 0.3 is 0 Å². The molecule has 0 bridgehead atoms. The van der Waals surface area contributed by atoms with Gasteiger partial charge in [-0.1, -0.05) is 29.8 Å². The quantitative estimate of drug-likeness (QED) is 0.602. The van der Waals surface area contributed by atoms with E-state index in [2.05, 4.69) is 20.5 Å². The summed E-state index contributed by atoms with van der Waals surface area (Å²) in [5.74, 6) is -0.244. The lowest BCUT2D eigenvalue weighted by Gasteiger charge is -2.08. The van der Waals surface area contributed by atoms with E-state index in [0.717, 1.165) is 21.5 Å². The number of hydrogen-bond donors (Lipinski definition) is 0. The normalized spacial score (nSPS) is 11.1. The highest BCUT2D eigenvalue weighted by Crippen LogP contribution is 2.27. The van der Waals surface area contributed by atoms with Crippen molar-refractivity contribution in [2.75, 3.05) is 0 Å². The Morgan fingerprint density at radius 3 is 2.74 bits per heavy atom. The van der Waals surface area contributed by atoms with Gasteiger partial charge in [0.2, 0.25) is 0 Å². The summed E-state index contributed by atoms with van der Waals surface area (Å²) < 4.78 is 16.1. The van der Waals surface area contributed by atoms with Crippen LogP contribution in [0, 0.1) is 5.82 Å². The minimum atomic E-state index is -0.244. The number of aromatic nitrogens is 1. The van der Waals surface area contributed by atoms with E-state index in [9.17, 15) is 4.39 Å². The molecule has 0 atom stereocenters. The smallest absolute Gasteiger partial charge is 0.137 e. The van der Waals surface area contributed by atoms with Gasteiger partial charge in [0.25, 0.3) is 0 Å². The van der Waals surface area contributed by atoms with Crippen LogP contribution in [0.4, 0.5) is 4.39 Å². The molecule has 0 radical (unpaired) electrons. The largest absolute Gasteiger partial charge is 0.343 e. The fourth-order valence-electron chi connectivity index (χ4n) is 2.18. The molecule has 19 heavy (non-hydrogen) atoms. The summed E-state index contributed by atoms with van der Waals surface area (Å²) >= 11 is 9.44. The molecule has 0 aliphatic heterocycles. The van der Waals surface area contributed by atoms with Crippen LogP contribution in [0.15, 0.2) is 53.1 Å². The maximum Gasteiger partial charge on any atom is 0.137 e. The molecule has 0 aliphatic rings. The van der Waals surface area contributed by atoms with Crippen LogP contribution in [0.1, 0.15) is 5.56 Å². The molecule has 96 valence electrons. The summed E-state index contributed by atoms with van der Waals surface area (Å²) in [7, 11) is 0. The van der Waals surface area contributed by atoms with Gasteiger partial charge in [0, 0.05) is 28.7 Å². The second-order valence-corrected chi connectivity index (χ2v) is 5.53. The van der Waals surface area contributed by atoms with Crippen LogP contribution < -0.4 is 0 Å². The Morgan fingerprint density at radius 1 is 1.11 bits per heavy atom. The molecule has 0 N–H and O–H groups in total. The summed E-state index contributed by atoms with van der Waals surface area (Å²) in [6.07, 6.45) is 1.97. The Hall–Kier alpha value is -1.32. The van der Waals surface area contributed by atoms with E-state index in [1.807, 2.05) is 36.5 Å². The molecule has 1 aromatic heterocycles. The number of fused-ring (bicyclic) bond motifs is 1. The molecule has 0 saturated carbocycles. The van der Waals surface area contributed by atoms with Crippen LogP contribution in [0.25, 0.3) is 10.9 Å². The zero-order valence-electron chi connectivity index (χ0n) is 9.91. The standard InChI is InChI=1S/C15H10BrClFN/c16-15-10(3-1-5-13(15)18)9-19-8-7-11-12(17)4-2-6-14(11)19/h1-8H,9H2. The second kappa shape index (κ2) is 4.99. The lowest BCUT2D eigenvalue weighted by molar-refractivity contribution is 0.616. The number of hydrogen-bond acceptors (Lipinski definition) is 0. The van der Waals surface area contributed by atoms with Crippen LogP contribution in [-0.2, 0) is 6.54 Å². The van der Waals surface area contributed by atoms with Gasteiger partial charge in [0.15, 0.2) is 0 Å². The minimum Gasteiger partial charge on any atom is -0.343 e.